The third-order valence-corrected chi connectivity index (χ3v) is 2.07. The summed E-state index contributed by atoms with van der Waals surface area (Å²) in [5.74, 6) is 0.603. The molecule has 0 spiro atoms. The van der Waals surface area contributed by atoms with Gasteiger partial charge in [0.2, 0.25) is 5.75 Å². The lowest BCUT2D eigenvalue weighted by atomic mass is 10.2. The molecule has 15 heavy (non-hydrogen) atoms. The van der Waals surface area contributed by atoms with Crippen LogP contribution in [0, 0.1) is 0 Å². The minimum absolute atomic E-state index is 0.0378. The highest BCUT2D eigenvalue weighted by atomic mass is 16.5. The fourth-order valence-electron chi connectivity index (χ4n) is 1.07. The lowest BCUT2D eigenvalue weighted by Gasteiger charge is -2.12. The number of methoxy groups -OCH3 is 1. The van der Waals surface area contributed by atoms with Gasteiger partial charge in [-0.2, -0.15) is 0 Å². The van der Waals surface area contributed by atoms with Gasteiger partial charge in [0.1, 0.15) is 0 Å². The van der Waals surface area contributed by atoms with Crippen LogP contribution in [-0.4, -0.2) is 29.7 Å². The van der Waals surface area contributed by atoms with Crippen LogP contribution in [0.25, 0.3) is 0 Å². The smallest absolute Gasteiger partial charge is 0.295 e. The predicted molar refractivity (Wildman–Crippen MR) is 58.2 cm³/mol. The summed E-state index contributed by atoms with van der Waals surface area (Å²) in [7, 11) is 1.43. The van der Waals surface area contributed by atoms with Gasteiger partial charge in [0.15, 0.2) is 5.82 Å². The first-order chi connectivity index (χ1) is 7.19. The number of aromatic nitrogens is 2. The van der Waals surface area contributed by atoms with Crippen LogP contribution in [0.2, 0.25) is 0 Å². The number of hydrogen-bond acceptors (Lipinski definition) is 5. The van der Waals surface area contributed by atoms with E-state index in [2.05, 4.69) is 15.3 Å². The molecule has 1 atom stereocenters. The second kappa shape index (κ2) is 5.35. The number of hydrogen-bond donors (Lipinski definition) is 3. The number of rotatable bonds is 5. The molecule has 1 heterocycles. The van der Waals surface area contributed by atoms with E-state index in [1.807, 2.05) is 6.92 Å². The van der Waals surface area contributed by atoms with Crippen molar-refractivity contribution in [3.05, 3.63) is 16.7 Å². The molecule has 0 radical (unpaired) electrons. The second-order valence-electron chi connectivity index (χ2n) is 3.16. The molecule has 0 aliphatic heterocycles. The van der Waals surface area contributed by atoms with Crippen molar-refractivity contribution in [3.8, 4) is 5.75 Å². The summed E-state index contributed by atoms with van der Waals surface area (Å²) in [5, 5.41) is 2.97. The maximum atomic E-state index is 11.3. The van der Waals surface area contributed by atoms with Gasteiger partial charge in [-0.3, -0.25) is 4.79 Å². The van der Waals surface area contributed by atoms with Gasteiger partial charge in [0, 0.05) is 12.6 Å². The van der Waals surface area contributed by atoms with E-state index in [1.165, 1.54) is 13.4 Å². The van der Waals surface area contributed by atoms with E-state index in [0.717, 1.165) is 6.42 Å². The lowest BCUT2D eigenvalue weighted by molar-refractivity contribution is 0.408. The van der Waals surface area contributed by atoms with E-state index in [9.17, 15) is 4.79 Å². The molecule has 4 N–H and O–H groups in total. The molecule has 6 heteroatoms. The van der Waals surface area contributed by atoms with Crippen molar-refractivity contribution < 1.29 is 4.74 Å². The molecular weight excluding hydrogens is 196 g/mol. The molecule has 0 saturated carbocycles. The zero-order chi connectivity index (χ0) is 11.3. The topological polar surface area (TPSA) is 93.0 Å². The Hall–Kier alpha value is -1.56. The highest BCUT2D eigenvalue weighted by molar-refractivity contribution is 5.47. The van der Waals surface area contributed by atoms with Gasteiger partial charge in [-0.1, -0.05) is 6.92 Å². The van der Waals surface area contributed by atoms with Crippen LogP contribution >= 0.6 is 0 Å². The molecule has 0 aliphatic rings. The quantitative estimate of drug-likeness (QED) is 0.635. The molecule has 0 bridgehead atoms. The largest absolute Gasteiger partial charge is 0.489 e. The van der Waals surface area contributed by atoms with Crippen molar-refractivity contribution in [1.82, 2.24) is 9.97 Å². The SMILES string of the molecule is CCC(N)CNc1nc[nH]c(=O)c1OC. The molecule has 1 rings (SSSR count). The standard InChI is InChI=1S/C9H16N4O2/c1-3-6(10)4-11-8-7(15-2)9(14)13-5-12-8/h5-6H,3-4,10H2,1-2H3,(H2,11,12,13,14). The molecule has 0 aliphatic carbocycles. The summed E-state index contributed by atoms with van der Waals surface area (Å²) in [6.07, 6.45) is 2.18. The molecule has 6 nitrogen and oxygen atoms in total. The van der Waals surface area contributed by atoms with E-state index < -0.39 is 0 Å². The molecule has 84 valence electrons. The fourth-order valence-corrected chi connectivity index (χ4v) is 1.07. The van der Waals surface area contributed by atoms with E-state index in [4.69, 9.17) is 10.5 Å². The third kappa shape index (κ3) is 2.95. The summed E-state index contributed by atoms with van der Waals surface area (Å²) in [6.45, 7) is 2.55. The Labute approximate surface area is 87.9 Å². The number of nitrogens with two attached hydrogens (primary N) is 1. The molecule has 0 saturated heterocycles. The summed E-state index contributed by atoms with van der Waals surface area (Å²) in [4.78, 5) is 17.7. The minimum atomic E-state index is -0.305. The average molecular weight is 212 g/mol. The molecule has 0 amide bonds. The predicted octanol–water partition coefficient (Wildman–Crippen LogP) is -0.0723. The zero-order valence-electron chi connectivity index (χ0n) is 8.91. The Morgan fingerprint density at radius 1 is 1.73 bits per heavy atom. The summed E-state index contributed by atoms with van der Waals surface area (Å²) in [5.41, 5.74) is 5.43. The van der Waals surface area contributed by atoms with Gasteiger partial charge in [-0.25, -0.2) is 4.98 Å². The average Bonchev–Trinajstić information content (AvgIpc) is 2.25. The zero-order valence-corrected chi connectivity index (χ0v) is 8.91. The maximum absolute atomic E-state index is 11.3. The fraction of sp³-hybridized carbons (Fsp3) is 0.556. The summed E-state index contributed by atoms with van der Waals surface area (Å²) >= 11 is 0. The monoisotopic (exact) mass is 212 g/mol. The Morgan fingerprint density at radius 2 is 2.47 bits per heavy atom. The van der Waals surface area contributed by atoms with Crippen molar-refractivity contribution in [3.63, 3.8) is 0 Å². The first-order valence-electron chi connectivity index (χ1n) is 4.80. The minimum Gasteiger partial charge on any atom is -0.489 e. The Kier molecular flexibility index (Phi) is 4.11. The maximum Gasteiger partial charge on any atom is 0.295 e. The van der Waals surface area contributed by atoms with Crippen LogP contribution in [0.5, 0.6) is 5.75 Å². The summed E-state index contributed by atoms with van der Waals surface area (Å²) in [6, 6.07) is 0.0378. The third-order valence-electron chi connectivity index (χ3n) is 2.07. The van der Waals surface area contributed by atoms with Gasteiger partial charge in [-0.05, 0) is 6.42 Å². The van der Waals surface area contributed by atoms with Crippen LogP contribution in [0.4, 0.5) is 5.82 Å². The number of ether oxygens (including phenoxy) is 1. The van der Waals surface area contributed by atoms with Gasteiger partial charge in [0.05, 0.1) is 13.4 Å². The highest BCUT2D eigenvalue weighted by Crippen LogP contribution is 2.13. The van der Waals surface area contributed by atoms with Crippen LogP contribution in [0.3, 0.4) is 0 Å². The Bertz CT molecular complexity index is 363. The van der Waals surface area contributed by atoms with Crippen LogP contribution < -0.4 is 21.3 Å². The number of nitrogens with one attached hydrogen (secondary N) is 2. The van der Waals surface area contributed by atoms with Crippen LogP contribution in [0.1, 0.15) is 13.3 Å². The number of H-pyrrole nitrogens is 1. The van der Waals surface area contributed by atoms with E-state index >= 15 is 0 Å². The number of nitrogens with zero attached hydrogens (tertiary/aromatic N) is 1. The highest BCUT2D eigenvalue weighted by Gasteiger charge is 2.08. The molecule has 0 aromatic carbocycles. The first kappa shape index (κ1) is 11.5. The number of aromatic amines is 1. The van der Waals surface area contributed by atoms with Crippen molar-refractivity contribution in [2.75, 3.05) is 19.0 Å². The summed E-state index contributed by atoms with van der Waals surface area (Å²) < 4.78 is 4.93. The van der Waals surface area contributed by atoms with E-state index in [1.54, 1.807) is 0 Å². The van der Waals surface area contributed by atoms with Crippen LogP contribution in [-0.2, 0) is 0 Å². The molecule has 1 unspecified atom stereocenters. The van der Waals surface area contributed by atoms with Gasteiger partial charge in [-0.15, -0.1) is 0 Å². The molecular formula is C9H16N4O2. The Balaban J connectivity index is 2.76. The van der Waals surface area contributed by atoms with Crippen molar-refractivity contribution in [1.29, 1.82) is 0 Å². The van der Waals surface area contributed by atoms with Gasteiger partial charge in [0.25, 0.3) is 5.56 Å². The molecule has 0 fully saturated rings. The van der Waals surface area contributed by atoms with Gasteiger partial charge < -0.3 is 20.8 Å². The van der Waals surface area contributed by atoms with Crippen molar-refractivity contribution in [2.24, 2.45) is 5.73 Å². The number of anilines is 1. The first-order valence-corrected chi connectivity index (χ1v) is 4.80. The van der Waals surface area contributed by atoms with Gasteiger partial charge >= 0.3 is 0 Å². The molecule has 1 aromatic rings. The van der Waals surface area contributed by atoms with E-state index in [-0.39, 0.29) is 17.4 Å². The van der Waals surface area contributed by atoms with Crippen LogP contribution in [0.15, 0.2) is 11.1 Å². The molecule has 1 aromatic heterocycles. The van der Waals surface area contributed by atoms with E-state index in [0.29, 0.717) is 12.4 Å². The van der Waals surface area contributed by atoms with Crippen molar-refractivity contribution in [2.45, 2.75) is 19.4 Å². The second-order valence-corrected chi connectivity index (χ2v) is 3.16. The Morgan fingerprint density at radius 3 is 3.07 bits per heavy atom. The van der Waals surface area contributed by atoms with Crippen molar-refractivity contribution >= 4 is 5.82 Å². The lowest BCUT2D eigenvalue weighted by Crippen LogP contribution is -2.29. The normalized spacial score (nSPS) is 12.2.